The topological polar surface area (TPSA) is 63.8 Å². The van der Waals surface area contributed by atoms with Crippen molar-refractivity contribution in [2.45, 2.75) is 19.8 Å². The Morgan fingerprint density at radius 1 is 1.50 bits per heavy atom. The van der Waals surface area contributed by atoms with Crippen molar-refractivity contribution in [1.29, 1.82) is 0 Å². The average molecular weight is 327 g/mol. The van der Waals surface area contributed by atoms with Gasteiger partial charge in [-0.1, -0.05) is 24.9 Å². The minimum Gasteiger partial charge on any atom is -0.369 e. The van der Waals surface area contributed by atoms with Crippen molar-refractivity contribution in [3.05, 3.63) is 8.72 Å². The summed E-state index contributed by atoms with van der Waals surface area (Å²) >= 11 is 7.95. The molecule has 1 rings (SSSR count). The molecule has 0 atom stereocenters. The van der Waals surface area contributed by atoms with Gasteiger partial charge in [-0.2, -0.15) is 4.98 Å². The Morgan fingerprint density at radius 2 is 2.21 bits per heavy atom. The lowest BCUT2D eigenvalue weighted by Gasteiger charge is -2.07. The van der Waals surface area contributed by atoms with E-state index in [1.54, 1.807) is 0 Å². The molecule has 0 radical (unpaired) electrons. The van der Waals surface area contributed by atoms with E-state index in [1.807, 2.05) is 0 Å². The average Bonchev–Trinajstić information content (AvgIpc) is 2.13. The van der Waals surface area contributed by atoms with Gasteiger partial charge in [0.15, 0.2) is 0 Å². The second kappa shape index (κ2) is 5.55. The Kier molecular flexibility index (Phi) is 4.67. The maximum Gasteiger partial charge on any atom is 0.223 e. The third kappa shape index (κ3) is 3.13. The summed E-state index contributed by atoms with van der Waals surface area (Å²) in [5.41, 5.74) is 5.48. The molecule has 0 aliphatic heterocycles. The van der Waals surface area contributed by atoms with Crippen molar-refractivity contribution in [2.24, 2.45) is 0 Å². The predicted molar refractivity (Wildman–Crippen MR) is 67.6 cm³/mol. The summed E-state index contributed by atoms with van der Waals surface area (Å²) in [6.07, 6.45) is 2.23. The maximum atomic E-state index is 5.85. The molecule has 0 fully saturated rings. The van der Waals surface area contributed by atoms with Gasteiger partial charge in [0.25, 0.3) is 0 Å². The van der Waals surface area contributed by atoms with E-state index in [9.17, 15) is 0 Å². The molecule has 0 amide bonds. The SMILES string of the molecule is CCCCNc1nc(N)nc(Cl)c1I. The molecule has 0 aliphatic rings. The van der Waals surface area contributed by atoms with Gasteiger partial charge in [-0.05, 0) is 29.0 Å². The molecule has 1 aromatic heterocycles. The quantitative estimate of drug-likeness (QED) is 0.507. The third-order valence-corrected chi connectivity index (χ3v) is 3.27. The molecule has 78 valence electrons. The lowest BCUT2D eigenvalue weighted by atomic mass is 10.3. The number of halogens is 2. The zero-order chi connectivity index (χ0) is 10.6. The van der Waals surface area contributed by atoms with Crippen LogP contribution in [0.1, 0.15) is 19.8 Å². The molecule has 0 saturated carbocycles. The molecule has 14 heavy (non-hydrogen) atoms. The summed E-state index contributed by atoms with van der Waals surface area (Å²) in [6.45, 7) is 3.01. The van der Waals surface area contributed by atoms with Crippen LogP contribution in [0.5, 0.6) is 0 Å². The van der Waals surface area contributed by atoms with Gasteiger partial charge in [-0.25, -0.2) is 4.98 Å². The van der Waals surface area contributed by atoms with Gasteiger partial charge in [0, 0.05) is 6.54 Å². The van der Waals surface area contributed by atoms with Crippen molar-refractivity contribution in [3.8, 4) is 0 Å². The Hall–Kier alpha value is -0.300. The van der Waals surface area contributed by atoms with Gasteiger partial charge in [0.2, 0.25) is 5.95 Å². The van der Waals surface area contributed by atoms with Crippen molar-refractivity contribution in [1.82, 2.24) is 9.97 Å². The van der Waals surface area contributed by atoms with Crippen LogP contribution in [0.4, 0.5) is 11.8 Å². The number of nitrogens with zero attached hydrogens (tertiary/aromatic N) is 2. The van der Waals surface area contributed by atoms with Gasteiger partial charge >= 0.3 is 0 Å². The van der Waals surface area contributed by atoms with Gasteiger partial charge in [-0.15, -0.1) is 0 Å². The molecular formula is C8H12ClIN4. The normalized spacial score (nSPS) is 10.2. The van der Waals surface area contributed by atoms with Crippen LogP contribution in [0.2, 0.25) is 5.15 Å². The number of aromatic nitrogens is 2. The molecule has 6 heteroatoms. The number of nitrogens with two attached hydrogens (primary N) is 1. The van der Waals surface area contributed by atoms with Gasteiger partial charge < -0.3 is 11.1 Å². The van der Waals surface area contributed by atoms with E-state index in [0.717, 1.165) is 28.8 Å². The van der Waals surface area contributed by atoms with E-state index in [0.29, 0.717) is 5.15 Å². The Labute approximate surface area is 102 Å². The fourth-order valence-corrected chi connectivity index (χ4v) is 1.54. The van der Waals surface area contributed by atoms with Crippen LogP contribution in [-0.2, 0) is 0 Å². The first-order valence-corrected chi connectivity index (χ1v) is 5.83. The van der Waals surface area contributed by atoms with Crippen molar-refractivity contribution < 1.29 is 0 Å². The standard InChI is InChI=1S/C8H12ClIN4/c1-2-3-4-12-7-5(10)6(9)13-8(11)14-7/h2-4H2,1H3,(H3,11,12,13,14). The summed E-state index contributed by atoms with van der Waals surface area (Å²) in [7, 11) is 0. The molecule has 3 N–H and O–H groups in total. The second-order valence-corrected chi connectivity index (χ2v) is 4.25. The summed E-state index contributed by atoms with van der Waals surface area (Å²) in [6, 6.07) is 0. The van der Waals surface area contributed by atoms with Gasteiger partial charge in [0.1, 0.15) is 11.0 Å². The van der Waals surface area contributed by atoms with Crippen molar-refractivity contribution in [3.63, 3.8) is 0 Å². The molecule has 0 bridgehead atoms. The molecule has 0 spiro atoms. The van der Waals surface area contributed by atoms with Gasteiger partial charge in [0.05, 0.1) is 3.57 Å². The third-order valence-electron chi connectivity index (χ3n) is 1.65. The highest BCUT2D eigenvalue weighted by atomic mass is 127. The fraction of sp³-hybridized carbons (Fsp3) is 0.500. The number of unbranched alkanes of at least 4 members (excludes halogenated alkanes) is 1. The second-order valence-electron chi connectivity index (χ2n) is 2.82. The minimum atomic E-state index is 0.203. The van der Waals surface area contributed by atoms with E-state index < -0.39 is 0 Å². The smallest absolute Gasteiger partial charge is 0.223 e. The number of hydrogen-bond acceptors (Lipinski definition) is 4. The number of hydrogen-bond donors (Lipinski definition) is 2. The largest absolute Gasteiger partial charge is 0.369 e. The fourth-order valence-electron chi connectivity index (χ4n) is 0.937. The summed E-state index contributed by atoms with van der Waals surface area (Å²) in [4.78, 5) is 7.92. The van der Waals surface area contributed by atoms with Crippen LogP contribution in [0, 0.1) is 3.57 Å². The van der Waals surface area contributed by atoms with Crippen LogP contribution in [0.25, 0.3) is 0 Å². The van der Waals surface area contributed by atoms with E-state index in [2.05, 4.69) is 44.8 Å². The lowest BCUT2D eigenvalue weighted by Crippen LogP contribution is -2.08. The number of rotatable bonds is 4. The highest BCUT2D eigenvalue weighted by Crippen LogP contribution is 2.23. The first-order valence-electron chi connectivity index (χ1n) is 4.37. The monoisotopic (exact) mass is 326 g/mol. The van der Waals surface area contributed by atoms with Crippen LogP contribution in [-0.4, -0.2) is 16.5 Å². The summed E-state index contributed by atoms with van der Waals surface area (Å²) < 4.78 is 0.814. The molecule has 1 heterocycles. The maximum absolute atomic E-state index is 5.85. The first-order chi connectivity index (χ1) is 6.65. The van der Waals surface area contributed by atoms with E-state index in [1.165, 1.54) is 0 Å². The van der Waals surface area contributed by atoms with Crippen LogP contribution >= 0.6 is 34.2 Å². The van der Waals surface area contributed by atoms with Gasteiger partial charge in [-0.3, -0.25) is 0 Å². The Balaban J connectivity index is 2.75. The zero-order valence-corrected chi connectivity index (χ0v) is 10.8. The molecule has 1 aromatic rings. The highest BCUT2D eigenvalue weighted by Gasteiger charge is 2.07. The zero-order valence-electron chi connectivity index (χ0n) is 7.85. The minimum absolute atomic E-state index is 0.203. The molecule has 0 aromatic carbocycles. The van der Waals surface area contributed by atoms with Crippen LogP contribution < -0.4 is 11.1 Å². The van der Waals surface area contributed by atoms with E-state index in [-0.39, 0.29) is 5.95 Å². The number of nitrogens with one attached hydrogen (secondary N) is 1. The summed E-state index contributed by atoms with van der Waals surface area (Å²) in [5, 5.41) is 3.57. The van der Waals surface area contributed by atoms with Crippen molar-refractivity contribution >= 4 is 46.0 Å². The molecule has 0 saturated heterocycles. The summed E-state index contributed by atoms with van der Waals surface area (Å²) in [5.74, 6) is 0.922. The number of anilines is 2. The lowest BCUT2D eigenvalue weighted by molar-refractivity contribution is 0.830. The van der Waals surface area contributed by atoms with E-state index >= 15 is 0 Å². The number of nitrogen functional groups attached to an aromatic ring is 1. The van der Waals surface area contributed by atoms with E-state index in [4.69, 9.17) is 17.3 Å². The van der Waals surface area contributed by atoms with Crippen LogP contribution in [0.15, 0.2) is 0 Å². The Morgan fingerprint density at radius 3 is 2.86 bits per heavy atom. The first kappa shape index (κ1) is 11.8. The van der Waals surface area contributed by atoms with Crippen molar-refractivity contribution in [2.75, 3.05) is 17.6 Å². The Bertz CT molecular complexity index is 318. The molecule has 0 unspecified atom stereocenters. The molecule has 0 aliphatic carbocycles. The molecule has 4 nitrogen and oxygen atoms in total. The highest BCUT2D eigenvalue weighted by molar-refractivity contribution is 14.1. The predicted octanol–water partition coefficient (Wildman–Crippen LogP) is 2.53. The van der Waals surface area contributed by atoms with Crippen LogP contribution in [0.3, 0.4) is 0 Å². The molecular weight excluding hydrogens is 314 g/mol.